The minimum Gasteiger partial charge on any atom is -0.449 e. The van der Waals surface area contributed by atoms with Gasteiger partial charge in [0.1, 0.15) is 6.33 Å². The van der Waals surface area contributed by atoms with Crippen molar-refractivity contribution >= 4 is 29.3 Å². The molecule has 0 bridgehead atoms. The van der Waals surface area contributed by atoms with E-state index in [9.17, 15) is 19.7 Å². The molecular formula is C17H19N5O5S. The number of rotatable bonds is 6. The Morgan fingerprint density at radius 1 is 1.32 bits per heavy atom. The molecule has 148 valence electrons. The Bertz CT molecular complexity index is 909. The zero-order chi connectivity index (χ0) is 20.3. The number of nitrogens with zero attached hydrogens (tertiary/aromatic N) is 5. The Kier molecular flexibility index (Phi) is 5.93. The lowest BCUT2D eigenvalue weighted by Crippen LogP contribution is -2.38. The van der Waals surface area contributed by atoms with Crippen molar-refractivity contribution in [1.82, 2.24) is 19.7 Å². The number of carbonyl (C=O) groups is 2. The largest absolute Gasteiger partial charge is 0.449 e. The summed E-state index contributed by atoms with van der Waals surface area (Å²) in [5.41, 5.74) is -0.240. The Labute approximate surface area is 165 Å². The highest BCUT2D eigenvalue weighted by Crippen LogP contribution is 2.34. The zero-order valence-electron chi connectivity index (χ0n) is 15.4. The lowest BCUT2D eigenvalue weighted by molar-refractivity contribution is -0.387. The molecule has 0 aliphatic carbocycles. The smallest absolute Gasteiger partial charge is 0.339 e. The molecule has 0 N–H and O–H groups in total. The quantitative estimate of drug-likeness (QED) is 0.407. The molecular weight excluding hydrogens is 386 g/mol. The maximum atomic E-state index is 12.4. The summed E-state index contributed by atoms with van der Waals surface area (Å²) in [5, 5.41) is 19.5. The summed E-state index contributed by atoms with van der Waals surface area (Å²) in [6, 6.07) is 4.04. The molecule has 1 aromatic carbocycles. The van der Waals surface area contributed by atoms with Crippen LogP contribution in [0.4, 0.5) is 5.69 Å². The van der Waals surface area contributed by atoms with Crippen molar-refractivity contribution < 1.29 is 19.2 Å². The van der Waals surface area contributed by atoms with Crippen LogP contribution in [0, 0.1) is 10.1 Å². The lowest BCUT2D eigenvalue weighted by Gasteiger charge is -2.20. The first-order valence-corrected chi connectivity index (χ1v) is 9.48. The molecule has 11 heteroatoms. The summed E-state index contributed by atoms with van der Waals surface area (Å²) in [6.45, 7) is 2.81. The van der Waals surface area contributed by atoms with Gasteiger partial charge in [-0.1, -0.05) is 0 Å². The van der Waals surface area contributed by atoms with Gasteiger partial charge in [-0.15, -0.1) is 10.2 Å². The number of nitro groups is 1. The molecule has 28 heavy (non-hydrogen) atoms. The average molecular weight is 405 g/mol. The van der Waals surface area contributed by atoms with Crippen molar-refractivity contribution in [3.8, 4) is 0 Å². The number of benzene rings is 1. The fourth-order valence-corrected chi connectivity index (χ4v) is 3.66. The van der Waals surface area contributed by atoms with Crippen molar-refractivity contribution in [3.63, 3.8) is 0 Å². The number of amides is 1. The monoisotopic (exact) mass is 405 g/mol. The number of aryl methyl sites for hydroxylation is 1. The van der Waals surface area contributed by atoms with Gasteiger partial charge in [0.2, 0.25) is 0 Å². The van der Waals surface area contributed by atoms with Gasteiger partial charge in [-0.3, -0.25) is 14.9 Å². The standard InChI is InChI=1S/C17H19N5O5S/c1-11(15(23)21-7-3-4-8-21)27-16(24)12-5-6-14(13(9-12)22(25)26)28-17-19-18-10-20(17)2/h5-6,9-11H,3-4,7-8H2,1-2H3. The van der Waals surface area contributed by atoms with E-state index in [1.807, 2.05) is 0 Å². The molecule has 1 aliphatic heterocycles. The normalized spacial score (nSPS) is 14.7. The molecule has 1 fully saturated rings. The highest BCUT2D eigenvalue weighted by atomic mass is 32.2. The van der Waals surface area contributed by atoms with Crippen LogP contribution in [0.2, 0.25) is 0 Å². The molecule has 0 saturated carbocycles. The van der Waals surface area contributed by atoms with Crippen molar-refractivity contribution in [2.24, 2.45) is 7.05 Å². The number of esters is 1. The van der Waals surface area contributed by atoms with Gasteiger partial charge < -0.3 is 14.2 Å². The third-order valence-electron chi connectivity index (χ3n) is 4.31. The number of hydrogen-bond donors (Lipinski definition) is 0. The Morgan fingerprint density at radius 2 is 2.04 bits per heavy atom. The third kappa shape index (κ3) is 4.30. The van der Waals surface area contributed by atoms with Gasteiger partial charge in [0.15, 0.2) is 11.3 Å². The molecule has 0 radical (unpaired) electrons. The van der Waals surface area contributed by atoms with Crippen molar-refractivity contribution in [2.45, 2.75) is 35.9 Å². The van der Waals surface area contributed by atoms with E-state index in [1.165, 1.54) is 25.4 Å². The van der Waals surface area contributed by atoms with E-state index in [4.69, 9.17) is 4.74 Å². The highest BCUT2D eigenvalue weighted by Gasteiger charge is 2.27. The van der Waals surface area contributed by atoms with Crippen LogP contribution < -0.4 is 0 Å². The summed E-state index contributed by atoms with van der Waals surface area (Å²) in [6.07, 6.45) is 2.41. The van der Waals surface area contributed by atoms with E-state index in [-0.39, 0.29) is 17.2 Å². The van der Waals surface area contributed by atoms with Gasteiger partial charge in [-0.25, -0.2) is 4.79 Å². The van der Waals surface area contributed by atoms with Crippen molar-refractivity contribution in [3.05, 3.63) is 40.2 Å². The molecule has 1 aliphatic rings. The average Bonchev–Trinajstić information content (AvgIpc) is 3.33. The highest BCUT2D eigenvalue weighted by molar-refractivity contribution is 7.99. The van der Waals surface area contributed by atoms with E-state index >= 15 is 0 Å². The van der Waals surface area contributed by atoms with Crippen LogP contribution >= 0.6 is 11.8 Å². The van der Waals surface area contributed by atoms with Crippen LogP contribution in [-0.4, -0.2) is 55.7 Å². The molecule has 2 heterocycles. The van der Waals surface area contributed by atoms with Crippen LogP contribution in [0.1, 0.15) is 30.1 Å². The SMILES string of the molecule is CC(OC(=O)c1ccc(Sc2nncn2C)c([N+](=O)[O-])c1)C(=O)N1CCCC1. The molecule has 3 rings (SSSR count). The van der Waals surface area contributed by atoms with Crippen LogP contribution in [0.15, 0.2) is 34.6 Å². The summed E-state index contributed by atoms with van der Waals surface area (Å²) < 4.78 is 6.85. The second-order valence-corrected chi connectivity index (χ2v) is 7.36. The second kappa shape index (κ2) is 8.38. The minimum absolute atomic E-state index is 0.00934. The molecule has 0 spiro atoms. The maximum absolute atomic E-state index is 12.4. The van der Waals surface area contributed by atoms with Gasteiger partial charge in [-0.05, 0) is 43.7 Å². The molecule has 10 nitrogen and oxygen atoms in total. The van der Waals surface area contributed by atoms with Crippen molar-refractivity contribution in [1.29, 1.82) is 0 Å². The molecule has 2 aromatic rings. The molecule has 1 aromatic heterocycles. The van der Waals surface area contributed by atoms with Crippen LogP contribution in [-0.2, 0) is 16.6 Å². The summed E-state index contributed by atoms with van der Waals surface area (Å²) in [5.74, 6) is -1.03. The summed E-state index contributed by atoms with van der Waals surface area (Å²) in [4.78, 5) is 37.5. The van der Waals surface area contributed by atoms with Gasteiger partial charge in [0.25, 0.3) is 11.6 Å². The van der Waals surface area contributed by atoms with Gasteiger partial charge in [-0.2, -0.15) is 0 Å². The predicted octanol–water partition coefficient (Wildman–Crippen LogP) is 2.04. The molecule has 1 atom stereocenters. The van der Waals surface area contributed by atoms with Gasteiger partial charge in [0, 0.05) is 26.2 Å². The number of nitro benzene ring substituents is 1. The zero-order valence-corrected chi connectivity index (χ0v) is 16.2. The maximum Gasteiger partial charge on any atom is 0.339 e. The van der Waals surface area contributed by atoms with Crippen LogP contribution in [0.3, 0.4) is 0 Å². The van der Waals surface area contributed by atoms with Gasteiger partial charge >= 0.3 is 5.97 Å². The Balaban J connectivity index is 1.75. The Hall–Kier alpha value is -2.95. The number of ether oxygens (including phenoxy) is 1. The predicted molar refractivity (Wildman–Crippen MR) is 98.9 cm³/mol. The topological polar surface area (TPSA) is 120 Å². The van der Waals surface area contributed by atoms with E-state index in [2.05, 4.69) is 10.2 Å². The fourth-order valence-electron chi connectivity index (χ4n) is 2.81. The van der Waals surface area contributed by atoms with Crippen LogP contribution in [0.25, 0.3) is 0 Å². The number of carbonyl (C=O) groups excluding carboxylic acids is 2. The van der Waals surface area contributed by atoms with E-state index in [1.54, 1.807) is 16.5 Å². The first-order valence-electron chi connectivity index (χ1n) is 8.67. The van der Waals surface area contributed by atoms with Gasteiger partial charge in [0.05, 0.1) is 15.4 Å². The first-order chi connectivity index (χ1) is 13.4. The fraction of sp³-hybridized carbons (Fsp3) is 0.412. The van der Waals surface area contributed by atoms with Crippen molar-refractivity contribution in [2.75, 3.05) is 13.1 Å². The summed E-state index contributed by atoms with van der Waals surface area (Å²) in [7, 11) is 1.72. The van der Waals surface area contributed by atoms with E-state index in [0.717, 1.165) is 30.7 Å². The Morgan fingerprint density at radius 3 is 2.64 bits per heavy atom. The number of likely N-dealkylation sites (tertiary alicyclic amines) is 1. The second-order valence-electron chi connectivity index (χ2n) is 6.35. The minimum atomic E-state index is -0.947. The number of aromatic nitrogens is 3. The summed E-state index contributed by atoms with van der Waals surface area (Å²) >= 11 is 1.07. The number of hydrogen-bond acceptors (Lipinski definition) is 8. The van der Waals surface area contributed by atoms with Crippen LogP contribution in [0.5, 0.6) is 0 Å². The van der Waals surface area contributed by atoms with E-state index in [0.29, 0.717) is 23.1 Å². The molecule has 1 unspecified atom stereocenters. The first kappa shape index (κ1) is 19.8. The lowest BCUT2D eigenvalue weighted by atomic mass is 10.2. The third-order valence-corrected chi connectivity index (χ3v) is 5.43. The van der Waals surface area contributed by atoms with E-state index < -0.39 is 17.0 Å². The molecule has 1 amide bonds. The molecule has 1 saturated heterocycles.